The summed E-state index contributed by atoms with van der Waals surface area (Å²) in [5, 5.41) is 3.02. The number of rotatable bonds is 2. The van der Waals surface area contributed by atoms with Crippen LogP contribution in [0, 0.1) is 0 Å². The average molecular weight is 339 g/mol. The molecule has 0 aromatic carbocycles. The summed E-state index contributed by atoms with van der Waals surface area (Å²) in [5.74, 6) is 0.0291. The number of thiophene rings is 1. The molecule has 1 aliphatic rings. The van der Waals surface area contributed by atoms with E-state index in [0.717, 1.165) is 26.0 Å². The Kier molecular flexibility index (Phi) is 2.74. The molecule has 1 N–H and O–H groups in total. The van der Waals surface area contributed by atoms with E-state index in [0.29, 0.717) is 0 Å². The molecule has 76 valence electrons. The van der Waals surface area contributed by atoms with Crippen LogP contribution in [-0.4, -0.2) is 11.4 Å². The number of carbonyl (C=O) groups is 1. The lowest BCUT2D eigenvalue weighted by atomic mass is 10.3. The van der Waals surface area contributed by atoms with E-state index in [2.05, 4.69) is 44.1 Å². The Morgan fingerprint density at radius 3 is 2.64 bits per heavy atom. The first-order chi connectivity index (χ1) is 6.50. The van der Waals surface area contributed by atoms with Crippen molar-refractivity contribution in [1.82, 2.24) is 5.32 Å². The third-order valence-corrected chi connectivity index (χ3v) is 5.54. The topological polar surface area (TPSA) is 29.1 Å². The largest absolute Gasteiger partial charge is 0.346 e. The van der Waals surface area contributed by atoms with E-state index in [1.165, 1.54) is 11.3 Å². The van der Waals surface area contributed by atoms with Gasteiger partial charge in [-0.1, -0.05) is 0 Å². The van der Waals surface area contributed by atoms with E-state index in [4.69, 9.17) is 0 Å². The maximum absolute atomic E-state index is 11.7. The summed E-state index contributed by atoms with van der Waals surface area (Å²) in [6.07, 6.45) is 2.18. The van der Waals surface area contributed by atoms with Crippen molar-refractivity contribution in [3.8, 4) is 0 Å². The molecule has 1 amide bonds. The molecule has 2 rings (SSSR count). The Morgan fingerprint density at radius 1 is 1.57 bits per heavy atom. The molecule has 0 spiro atoms. The molecule has 5 heteroatoms. The highest BCUT2D eigenvalue weighted by Gasteiger charge is 2.39. The van der Waals surface area contributed by atoms with E-state index >= 15 is 0 Å². The van der Waals surface area contributed by atoms with Crippen molar-refractivity contribution < 1.29 is 4.79 Å². The van der Waals surface area contributed by atoms with Crippen LogP contribution in [0.3, 0.4) is 0 Å². The summed E-state index contributed by atoms with van der Waals surface area (Å²) in [5.41, 5.74) is 0.0556. The quantitative estimate of drug-likeness (QED) is 0.877. The maximum Gasteiger partial charge on any atom is 0.261 e. The Labute approximate surface area is 103 Å². The van der Waals surface area contributed by atoms with E-state index in [1.807, 2.05) is 6.07 Å². The van der Waals surface area contributed by atoms with E-state index in [-0.39, 0.29) is 11.4 Å². The summed E-state index contributed by atoms with van der Waals surface area (Å²) in [6.45, 7) is 2.07. The van der Waals surface area contributed by atoms with Crippen LogP contribution in [-0.2, 0) is 0 Å². The molecule has 0 aliphatic heterocycles. The number of nitrogens with one attached hydrogen (secondary N) is 1. The molecule has 1 aromatic rings. The normalized spacial score (nSPS) is 17.9. The van der Waals surface area contributed by atoms with Gasteiger partial charge < -0.3 is 5.32 Å². The van der Waals surface area contributed by atoms with Gasteiger partial charge in [-0.05, 0) is 57.7 Å². The summed E-state index contributed by atoms with van der Waals surface area (Å²) < 4.78 is 1.90. The number of carbonyl (C=O) groups excluding carboxylic acids is 1. The van der Waals surface area contributed by atoms with Crippen molar-refractivity contribution in [3.63, 3.8) is 0 Å². The smallest absolute Gasteiger partial charge is 0.261 e. The first-order valence-corrected chi connectivity index (χ1v) is 6.68. The molecule has 1 aromatic heterocycles. The Balaban J connectivity index is 2.11. The standard InChI is InChI=1S/C9H9Br2NOS/c1-9(2-3-9)12-8(13)6-4-5(10)7(11)14-6/h4H,2-3H2,1H3,(H,12,13). The molecule has 0 radical (unpaired) electrons. The Morgan fingerprint density at radius 2 is 2.21 bits per heavy atom. The molecular weight excluding hydrogens is 330 g/mol. The van der Waals surface area contributed by atoms with Crippen LogP contribution >= 0.6 is 43.2 Å². The minimum absolute atomic E-state index is 0.0291. The zero-order valence-corrected chi connectivity index (χ0v) is 11.6. The van der Waals surface area contributed by atoms with E-state index in [1.54, 1.807) is 0 Å². The zero-order valence-electron chi connectivity index (χ0n) is 7.56. The number of hydrogen-bond donors (Lipinski definition) is 1. The lowest BCUT2D eigenvalue weighted by molar-refractivity contribution is 0.0939. The lowest BCUT2D eigenvalue weighted by Gasteiger charge is -2.09. The monoisotopic (exact) mass is 337 g/mol. The summed E-state index contributed by atoms with van der Waals surface area (Å²) in [4.78, 5) is 12.5. The molecule has 0 unspecified atom stereocenters. The summed E-state index contributed by atoms with van der Waals surface area (Å²) >= 11 is 8.18. The molecule has 1 fully saturated rings. The van der Waals surface area contributed by atoms with Crippen molar-refractivity contribution in [2.75, 3.05) is 0 Å². The first-order valence-electron chi connectivity index (χ1n) is 4.27. The van der Waals surface area contributed by atoms with Crippen molar-refractivity contribution in [1.29, 1.82) is 0 Å². The fourth-order valence-corrected chi connectivity index (χ4v) is 3.04. The van der Waals surface area contributed by atoms with Crippen molar-refractivity contribution in [3.05, 3.63) is 19.2 Å². The van der Waals surface area contributed by atoms with Crippen LogP contribution in [0.4, 0.5) is 0 Å². The molecule has 1 aliphatic carbocycles. The maximum atomic E-state index is 11.7. The predicted molar refractivity (Wildman–Crippen MR) is 64.8 cm³/mol. The highest BCUT2D eigenvalue weighted by molar-refractivity contribution is 9.13. The van der Waals surface area contributed by atoms with Gasteiger partial charge in [0.25, 0.3) is 5.91 Å². The van der Waals surface area contributed by atoms with Gasteiger partial charge in [-0.25, -0.2) is 0 Å². The molecular formula is C9H9Br2NOS. The third-order valence-electron chi connectivity index (χ3n) is 2.28. The van der Waals surface area contributed by atoms with Crippen LogP contribution in [0.25, 0.3) is 0 Å². The van der Waals surface area contributed by atoms with Crippen LogP contribution in [0.5, 0.6) is 0 Å². The Hall–Kier alpha value is 0.130. The van der Waals surface area contributed by atoms with Gasteiger partial charge >= 0.3 is 0 Å². The Bertz CT molecular complexity index is 365. The van der Waals surface area contributed by atoms with Crippen molar-refractivity contribution in [2.24, 2.45) is 0 Å². The molecule has 0 atom stereocenters. The van der Waals surface area contributed by atoms with Gasteiger partial charge in [0.15, 0.2) is 0 Å². The predicted octanol–water partition coefficient (Wildman–Crippen LogP) is 3.56. The van der Waals surface area contributed by atoms with Crippen molar-refractivity contribution >= 4 is 49.1 Å². The second-order valence-electron chi connectivity index (χ2n) is 3.75. The highest BCUT2D eigenvalue weighted by Crippen LogP contribution is 2.36. The van der Waals surface area contributed by atoms with Crippen LogP contribution in [0.1, 0.15) is 29.4 Å². The molecule has 14 heavy (non-hydrogen) atoms. The van der Waals surface area contributed by atoms with Crippen molar-refractivity contribution in [2.45, 2.75) is 25.3 Å². The lowest BCUT2D eigenvalue weighted by Crippen LogP contribution is -2.33. The van der Waals surface area contributed by atoms with Gasteiger partial charge in [-0.2, -0.15) is 0 Å². The fourth-order valence-electron chi connectivity index (χ4n) is 1.11. The number of amides is 1. The minimum atomic E-state index is 0.0291. The first kappa shape index (κ1) is 10.6. The summed E-state index contributed by atoms with van der Waals surface area (Å²) in [6, 6.07) is 1.84. The molecule has 0 saturated heterocycles. The van der Waals surface area contributed by atoms with Crippen LogP contribution in [0.2, 0.25) is 0 Å². The molecule has 2 nitrogen and oxygen atoms in total. The average Bonchev–Trinajstić information content (AvgIpc) is 2.71. The van der Waals surface area contributed by atoms with Gasteiger partial charge in [0.2, 0.25) is 0 Å². The van der Waals surface area contributed by atoms with E-state index in [9.17, 15) is 4.79 Å². The van der Waals surface area contributed by atoms with Gasteiger partial charge in [0, 0.05) is 10.0 Å². The van der Waals surface area contributed by atoms with Gasteiger partial charge in [0.05, 0.1) is 8.66 Å². The zero-order chi connectivity index (χ0) is 10.3. The van der Waals surface area contributed by atoms with Crippen LogP contribution in [0.15, 0.2) is 14.3 Å². The molecule has 0 bridgehead atoms. The summed E-state index contributed by atoms with van der Waals surface area (Å²) in [7, 11) is 0. The van der Waals surface area contributed by atoms with Gasteiger partial charge in [0.1, 0.15) is 0 Å². The molecule has 1 heterocycles. The third kappa shape index (κ3) is 2.20. The number of halogens is 2. The van der Waals surface area contributed by atoms with Crippen LogP contribution < -0.4 is 5.32 Å². The van der Waals surface area contributed by atoms with Gasteiger partial charge in [-0.15, -0.1) is 11.3 Å². The fraction of sp³-hybridized carbons (Fsp3) is 0.444. The highest BCUT2D eigenvalue weighted by atomic mass is 79.9. The second-order valence-corrected chi connectivity index (χ2v) is 6.97. The minimum Gasteiger partial charge on any atom is -0.346 e. The number of hydrogen-bond acceptors (Lipinski definition) is 2. The molecule has 1 saturated carbocycles. The van der Waals surface area contributed by atoms with Gasteiger partial charge in [-0.3, -0.25) is 4.79 Å². The second kappa shape index (κ2) is 3.61. The SMILES string of the molecule is CC1(NC(=O)c2cc(Br)c(Br)s2)CC1. The van der Waals surface area contributed by atoms with E-state index < -0.39 is 0 Å².